The first-order valence-electron chi connectivity index (χ1n) is 6.55. The van der Waals surface area contributed by atoms with Crippen LogP contribution in [0.25, 0.3) is 11.5 Å². The van der Waals surface area contributed by atoms with Gasteiger partial charge in [-0.2, -0.15) is 20.4 Å². The lowest BCUT2D eigenvalue weighted by molar-refractivity contribution is 0.399. The number of nitrogens with zero attached hydrogens (tertiary/aromatic N) is 5. The van der Waals surface area contributed by atoms with Crippen molar-refractivity contribution in [3.05, 3.63) is 6.20 Å². The molecule has 1 atom stereocenters. The average molecular weight is 262 g/mol. The quantitative estimate of drug-likeness (QED) is 0.719. The molecule has 3 heterocycles. The van der Waals surface area contributed by atoms with Gasteiger partial charge in [0, 0.05) is 13.1 Å². The fraction of sp³-hybridized carbons (Fsp3) is 0.636. The van der Waals surface area contributed by atoms with Crippen LogP contribution >= 0.6 is 0 Å². The highest BCUT2D eigenvalue weighted by atomic mass is 15.4. The summed E-state index contributed by atoms with van der Waals surface area (Å²) in [5.74, 6) is 2.06. The van der Waals surface area contributed by atoms with Gasteiger partial charge in [0.2, 0.25) is 5.95 Å². The van der Waals surface area contributed by atoms with Crippen molar-refractivity contribution < 1.29 is 0 Å². The van der Waals surface area contributed by atoms with Crippen LogP contribution in [0.3, 0.4) is 0 Å². The Balaban J connectivity index is 1.72. The summed E-state index contributed by atoms with van der Waals surface area (Å²) in [6.07, 6.45) is 4.07. The first kappa shape index (κ1) is 12.1. The fourth-order valence-electron chi connectivity index (χ4n) is 2.53. The molecule has 8 heteroatoms. The lowest BCUT2D eigenvalue weighted by Crippen LogP contribution is -2.39. The summed E-state index contributed by atoms with van der Waals surface area (Å²) in [4.78, 5) is 6.72. The second-order valence-corrected chi connectivity index (χ2v) is 4.85. The smallest absolute Gasteiger partial charge is 0.245 e. The van der Waals surface area contributed by atoms with Crippen molar-refractivity contribution in [2.45, 2.75) is 12.8 Å². The maximum Gasteiger partial charge on any atom is 0.245 e. The van der Waals surface area contributed by atoms with Gasteiger partial charge in [-0.15, -0.1) is 5.10 Å². The van der Waals surface area contributed by atoms with E-state index >= 15 is 0 Å². The molecule has 3 rings (SSSR count). The van der Waals surface area contributed by atoms with E-state index in [1.54, 1.807) is 6.20 Å². The van der Waals surface area contributed by atoms with Crippen molar-refractivity contribution in [1.82, 2.24) is 35.9 Å². The molecule has 1 aliphatic heterocycles. The van der Waals surface area contributed by atoms with Gasteiger partial charge >= 0.3 is 0 Å². The summed E-state index contributed by atoms with van der Waals surface area (Å²) in [7, 11) is 1.99. The zero-order valence-electron chi connectivity index (χ0n) is 10.9. The fourth-order valence-corrected chi connectivity index (χ4v) is 2.53. The molecule has 0 aromatic carbocycles. The molecule has 8 nitrogen and oxygen atoms in total. The number of aromatic amines is 2. The van der Waals surface area contributed by atoms with E-state index in [0.29, 0.717) is 17.4 Å². The van der Waals surface area contributed by atoms with E-state index in [-0.39, 0.29) is 0 Å². The van der Waals surface area contributed by atoms with Gasteiger partial charge in [0.05, 0.1) is 6.20 Å². The number of aromatic nitrogens is 6. The molecule has 1 aliphatic rings. The predicted molar refractivity (Wildman–Crippen MR) is 70.6 cm³/mol. The van der Waals surface area contributed by atoms with E-state index in [4.69, 9.17) is 0 Å². The summed E-state index contributed by atoms with van der Waals surface area (Å²) < 4.78 is 0. The maximum absolute atomic E-state index is 4.49. The minimum Gasteiger partial charge on any atom is -0.339 e. The lowest BCUT2D eigenvalue weighted by Gasteiger charge is -2.31. The standard InChI is InChI=1S/C11H18N8/c1-12-5-8-3-2-4-19(7-8)11-14-10(16-17-11)9-6-13-18-15-9/h6,8,12H,2-5,7H2,1H3,(H,13,15,18)(H,14,16,17). The Labute approximate surface area is 111 Å². The number of anilines is 1. The molecule has 1 saturated heterocycles. The van der Waals surface area contributed by atoms with E-state index < -0.39 is 0 Å². The van der Waals surface area contributed by atoms with E-state index in [2.05, 4.69) is 40.8 Å². The minimum absolute atomic E-state index is 0.652. The van der Waals surface area contributed by atoms with Gasteiger partial charge in [0.1, 0.15) is 5.69 Å². The molecular formula is C11H18N8. The summed E-state index contributed by atoms with van der Waals surface area (Å²) in [6, 6.07) is 0. The van der Waals surface area contributed by atoms with Crippen molar-refractivity contribution in [3.8, 4) is 11.5 Å². The Morgan fingerprint density at radius 3 is 3.21 bits per heavy atom. The van der Waals surface area contributed by atoms with Gasteiger partial charge in [-0.3, -0.25) is 5.10 Å². The predicted octanol–water partition coefficient (Wildman–Crippen LogP) is 0.0256. The monoisotopic (exact) mass is 262 g/mol. The van der Waals surface area contributed by atoms with Crippen molar-refractivity contribution in [3.63, 3.8) is 0 Å². The van der Waals surface area contributed by atoms with E-state index in [1.807, 2.05) is 7.05 Å². The van der Waals surface area contributed by atoms with Gasteiger partial charge in [0.25, 0.3) is 0 Å². The number of hydrogen-bond donors (Lipinski definition) is 3. The van der Waals surface area contributed by atoms with Crippen molar-refractivity contribution >= 4 is 5.95 Å². The highest BCUT2D eigenvalue weighted by Crippen LogP contribution is 2.21. The highest BCUT2D eigenvalue weighted by Gasteiger charge is 2.22. The zero-order chi connectivity index (χ0) is 13.1. The molecular weight excluding hydrogens is 244 g/mol. The third-order valence-corrected chi connectivity index (χ3v) is 3.43. The van der Waals surface area contributed by atoms with E-state index in [0.717, 1.165) is 25.6 Å². The molecule has 102 valence electrons. The van der Waals surface area contributed by atoms with Crippen LogP contribution in [0.15, 0.2) is 6.20 Å². The van der Waals surface area contributed by atoms with Gasteiger partial charge in [-0.05, 0) is 32.4 Å². The second-order valence-electron chi connectivity index (χ2n) is 4.85. The van der Waals surface area contributed by atoms with Crippen LogP contribution in [0.4, 0.5) is 5.95 Å². The lowest BCUT2D eigenvalue weighted by atomic mass is 9.98. The Bertz CT molecular complexity index is 503. The van der Waals surface area contributed by atoms with Gasteiger partial charge in [-0.25, -0.2) is 0 Å². The Morgan fingerprint density at radius 1 is 1.47 bits per heavy atom. The molecule has 0 radical (unpaired) electrons. The van der Waals surface area contributed by atoms with Crippen LogP contribution in [-0.4, -0.2) is 57.3 Å². The van der Waals surface area contributed by atoms with Crippen LogP contribution in [0.2, 0.25) is 0 Å². The van der Waals surface area contributed by atoms with Gasteiger partial charge in [0.15, 0.2) is 5.82 Å². The Morgan fingerprint density at radius 2 is 2.42 bits per heavy atom. The summed E-state index contributed by atoms with van der Waals surface area (Å²) in [6.45, 7) is 3.05. The molecule has 1 unspecified atom stereocenters. The number of H-pyrrole nitrogens is 2. The minimum atomic E-state index is 0.652. The zero-order valence-corrected chi connectivity index (χ0v) is 10.9. The van der Waals surface area contributed by atoms with Gasteiger partial charge < -0.3 is 10.2 Å². The average Bonchev–Trinajstić information content (AvgIpc) is 3.11. The van der Waals surface area contributed by atoms with Crippen molar-refractivity contribution in [1.29, 1.82) is 0 Å². The molecule has 0 spiro atoms. The summed E-state index contributed by atoms with van der Waals surface area (Å²) in [5.41, 5.74) is 0.683. The van der Waals surface area contributed by atoms with Crippen LogP contribution in [-0.2, 0) is 0 Å². The normalized spacial score (nSPS) is 19.8. The second kappa shape index (κ2) is 5.35. The molecule has 1 fully saturated rings. The van der Waals surface area contributed by atoms with Gasteiger partial charge in [-0.1, -0.05) is 0 Å². The molecule has 0 aliphatic carbocycles. The molecule has 0 amide bonds. The topological polar surface area (TPSA) is 98.4 Å². The molecule has 3 N–H and O–H groups in total. The molecule has 0 saturated carbocycles. The third kappa shape index (κ3) is 2.58. The maximum atomic E-state index is 4.49. The molecule has 0 bridgehead atoms. The Kier molecular flexibility index (Phi) is 3.41. The summed E-state index contributed by atoms with van der Waals surface area (Å²) >= 11 is 0. The summed E-state index contributed by atoms with van der Waals surface area (Å²) in [5, 5.41) is 20.8. The number of piperidine rings is 1. The largest absolute Gasteiger partial charge is 0.339 e. The molecule has 2 aromatic rings. The van der Waals surface area contributed by atoms with E-state index in [1.165, 1.54) is 12.8 Å². The third-order valence-electron chi connectivity index (χ3n) is 3.43. The number of hydrogen-bond acceptors (Lipinski definition) is 6. The highest BCUT2D eigenvalue weighted by molar-refractivity contribution is 5.49. The SMILES string of the molecule is CNCC1CCCN(c2n[nH]c(-c3cn[nH]n3)n2)C1. The first-order chi connectivity index (χ1) is 9.36. The van der Waals surface area contributed by atoms with Crippen molar-refractivity contribution in [2.75, 3.05) is 31.6 Å². The molecule has 19 heavy (non-hydrogen) atoms. The number of nitrogens with one attached hydrogen (secondary N) is 3. The van der Waals surface area contributed by atoms with Crippen LogP contribution in [0.5, 0.6) is 0 Å². The van der Waals surface area contributed by atoms with Crippen LogP contribution in [0.1, 0.15) is 12.8 Å². The van der Waals surface area contributed by atoms with Crippen LogP contribution in [0, 0.1) is 5.92 Å². The van der Waals surface area contributed by atoms with E-state index in [9.17, 15) is 0 Å². The van der Waals surface area contributed by atoms with Crippen molar-refractivity contribution in [2.24, 2.45) is 5.92 Å². The first-order valence-corrected chi connectivity index (χ1v) is 6.55. The number of rotatable bonds is 4. The Hall–Kier alpha value is -1.96. The van der Waals surface area contributed by atoms with Crippen LogP contribution < -0.4 is 10.2 Å². The molecule has 2 aromatic heterocycles.